The minimum Gasteiger partial charge on any atom is -0.479 e. The molecule has 1 rings (SSSR count). The average molecular weight is 169 g/mol. The van der Waals surface area contributed by atoms with Crippen LogP contribution in [0.5, 0.6) is 11.8 Å². The van der Waals surface area contributed by atoms with Crippen molar-refractivity contribution in [1.29, 1.82) is 0 Å². The largest absolute Gasteiger partial charge is 0.479 e. The quantitative estimate of drug-likeness (QED) is 0.749. The highest BCUT2D eigenvalue weighted by atomic mass is 16.5. The van der Waals surface area contributed by atoms with Crippen molar-refractivity contribution in [2.45, 2.75) is 20.8 Å². The van der Waals surface area contributed by atoms with Gasteiger partial charge >= 0.3 is 0 Å². The Kier molecular flexibility index (Phi) is 3.02. The third-order valence-electron chi connectivity index (χ3n) is 1.53. The van der Waals surface area contributed by atoms with E-state index in [-0.39, 0.29) is 0 Å². The van der Waals surface area contributed by atoms with Gasteiger partial charge in [-0.25, -0.2) is 0 Å². The number of hydrogen-bond donors (Lipinski definition) is 1. The molecule has 0 radical (unpaired) electrons. The second-order valence-electron chi connectivity index (χ2n) is 2.51. The van der Waals surface area contributed by atoms with E-state index in [0.717, 1.165) is 17.3 Å². The molecule has 1 heterocycles. The molecule has 0 saturated heterocycles. The van der Waals surface area contributed by atoms with E-state index < -0.39 is 0 Å². The summed E-state index contributed by atoms with van der Waals surface area (Å²) in [7, 11) is 0. The monoisotopic (exact) mass is 169 g/mol. The number of H-pyrrole nitrogens is 1. The summed E-state index contributed by atoms with van der Waals surface area (Å²) in [6, 6.07) is 1.94. The van der Waals surface area contributed by atoms with E-state index in [2.05, 4.69) is 4.98 Å². The molecule has 1 aromatic rings. The van der Waals surface area contributed by atoms with E-state index in [0.29, 0.717) is 13.2 Å². The summed E-state index contributed by atoms with van der Waals surface area (Å²) >= 11 is 0. The maximum absolute atomic E-state index is 5.33. The van der Waals surface area contributed by atoms with Crippen molar-refractivity contribution in [2.75, 3.05) is 13.2 Å². The Hall–Kier alpha value is -1.12. The summed E-state index contributed by atoms with van der Waals surface area (Å²) in [5, 5.41) is 0. The molecule has 0 amide bonds. The molecule has 3 heteroatoms. The van der Waals surface area contributed by atoms with Gasteiger partial charge in [-0.1, -0.05) is 0 Å². The minimum atomic E-state index is 0.672. The van der Waals surface area contributed by atoms with Crippen LogP contribution in [0.15, 0.2) is 6.07 Å². The number of hydrogen-bond acceptors (Lipinski definition) is 2. The Labute approximate surface area is 72.7 Å². The van der Waals surface area contributed by atoms with Crippen LogP contribution in [0.2, 0.25) is 0 Å². The first kappa shape index (κ1) is 8.97. The van der Waals surface area contributed by atoms with Crippen LogP contribution >= 0.6 is 0 Å². The number of nitrogens with one attached hydrogen (secondary N) is 1. The molecule has 0 spiro atoms. The molecule has 0 saturated carbocycles. The highest BCUT2D eigenvalue weighted by molar-refractivity contribution is 5.32. The molecule has 0 aliphatic rings. The Balaban J connectivity index is 2.70. The fraction of sp³-hybridized carbons (Fsp3) is 0.556. The molecule has 0 fully saturated rings. The van der Waals surface area contributed by atoms with Crippen LogP contribution in [0, 0.1) is 6.92 Å². The molecular formula is C9H15NO2. The third-order valence-corrected chi connectivity index (χ3v) is 1.53. The van der Waals surface area contributed by atoms with Crippen molar-refractivity contribution in [3.8, 4) is 11.8 Å². The van der Waals surface area contributed by atoms with Gasteiger partial charge < -0.3 is 9.47 Å². The van der Waals surface area contributed by atoms with E-state index in [4.69, 9.17) is 9.47 Å². The van der Waals surface area contributed by atoms with Gasteiger partial charge in [-0.15, -0.1) is 0 Å². The Morgan fingerprint density at radius 1 is 1.25 bits per heavy atom. The van der Waals surface area contributed by atoms with Gasteiger partial charge in [0.25, 0.3) is 0 Å². The second-order valence-corrected chi connectivity index (χ2v) is 2.51. The molecular weight excluding hydrogens is 154 g/mol. The number of ether oxygens (including phenoxy) is 2. The second kappa shape index (κ2) is 4.04. The lowest BCUT2D eigenvalue weighted by Gasteiger charge is -2.00. The molecule has 0 aromatic carbocycles. The summed E-state index contributed by atoms with van der Waals surface area (Å²) in [5.74, 6) is 1.58. The number of aryl methyl sites for hydroxylation is 1. The smallest absolute Gasteiger partial charge is 0.196 e. The summed E-state index contributed by atoms with van der Waals surface area (Å²) in [6.45, 7) is 7.25. The molecule has 0 aliphatic carbocycles. The van der Waals surface area contributed by atoms with Gasteiger partial charge in [0, 0.05) is 11.6 Å². The van der Waals surface area contributed by atoms with E-state index in [1.807, 2.05) is 26.8 Å². The Bertz CT molecular complexity index is 243. The van der Waals surface area contributed by atoms with Crippen molar-refractivity contribution in [3.63, 3.8) is 0 Å². The Morgan fingerprint density at radius 2 is 1.92 bits per heavy atom. The summed E-state index contributed by atoms with van der Waals surface area (Å²) in [4.78, 5) is 3.04. The lowest BCUT2D eigenvalue weighted by Crippen LogP contribution is -1.94. The highest BCUT2D eigenvalue weighted by Crippen LogP contribution is 2.22. The normalized spacial score (nSPS) is 9.92. The zero-order valence-electron chi connectivity index (χ0n) is 7.81. The first-order chi connectivity index (χ1) is 5.77. The van der Waals surface area contributed by atoms with Gasteiger partial charge in [0.15, 0.2) is 11.8 Å². The van der Waals surface area contributed by atoms with Crippen molar-refractivity contribution < 1.29 is 9.47 Å². The molecule has 0 aliphatic heterocycles. The zero-order valence-corrected chi connectivity index (χ0v) is 7.81. The van der Waals surface area contributed by atoms with E-state index in [1.54, 1.807) is 0 Å². The standard InChI is InChI=1S/C9H15NO2/c1-4-11-8-6-7(3)9(10-8)12-5-2/h6,10H,4-5H2,1-3H3. The first-order valence-electron chi connectivity index (χ1n) is 4.23. The SMILES string of the molecule is CCOc1cc(C)c(OCC)[nH]1. The lowest BCUT2D eigenvalue weighted by molar-refractivity contribution is 0.306. The molecule has 0 unspecified atom stereocenters. The van der Waals surface area contributed by atoms with Gasteiger partial charge in [0.1, 0.15) is 0 Å². The summed E-state index contributed by atoms with van der Waals surface area (Å²) < 4.78 is 10.6. The van der Waals surface area contributed by atoms with Crippen molar-refractivity contribution in [2.24, 2.45) is 0 Å². The topological polar surface area (TPSA) is 34.2 Å². The van der Waals surface area contributed by atoms with E-state index in [1.165, 1.54) is 0 Å². The fourth-order valence-electron chi connectivity index (χ4n) is 1.04. The van der Waals surface area contributed by atoms with Crippen molar-refractivity contribution in [1.82, 2.24) is 4.98 Å². The predicted molar refractivity (Wildman–Crippen MR) is 47.9 cm³/mol. The van der Waals surface area contributed by atoms with Crippen LogP contribution < -0.4 is 9.47 Å². The summed E-state index contributed by atoms with van der Waals surface area (Å²) in [6.07, 6.45) is 0. The van der Waals surface area contributed by atoms with E-state index >= 15 is 0 Å². The molecule has 3 nitrogen and oxygen atoms in total. The number of rotatable bonds is 4. The zero-order chi connectivity index (χ0) is 8.97. The van der Waals surface area contributed by atoms with Crippen LogP contribution in [0.1, 0.15) is 19.4 Å². The number of aromatic amines is 1. The first-order valence-corrected chi connectivity index (χ1v) is 4.23. The van der Waals surface area contributed by atoms with Crippen LogP contribution in [0.3, 0.4) is 0 Å². The fourth-order valence-corrected chi connectivity index (χ4v) is 1.04. The van der Waals surface area contributed by atoms with Crippen molar-refractivity contribution in [3.05, 3.63) is 11.6 Å². The van der Waals surface area contributed by atoms with Gasteiger partial charge in [-0.2, -0.15) is 0 Å². The van der Waals surface area contributed by atoms with Crippen LogP contribution in [-0.4, -0.2) is 18.2 Å². The lowest BCUT2D eigenvalue weighted by atomic mass is 10.4. The molecule has 1 aromatic heterocycles. The predicted octanol–water partition coefficient (Wildman–Crippen LogP) is 2.12. The third kappa shape index (κ3) is 1.94. The summed E-state index contributed by atoms with van der Waals surface area (Å²) in [5.41, 5.74) is 1.08. The van der Waals surface area contributed by atoms with Crippen LogP contribution in [-0.2, 0) is 0 Å². The van der Waals surface area contributed by atoms with Crippen LogP contribution in [0.4, 0.5) is 0 Å². The molecule has 68 valence electrons. The van der Waals surface area contributed by atoms with Gasteiger partial charge in [-0.05, 0) is 20.8 Å². The van der Waals surface area contributed by atoms with Gasteiger partial charge in [0.2, 0.25) is 0 Å². The van der Waals surface area contributed by atoms with Gasteiger partial charge in [-0.3, -0.25) is 4.98 Å². The minimum absolute atomic E-state index is 0.672. The molecule has 12 heavy (non-hydrogen) atoms. The van der Waals surface area contributed by atoms with Crippen LogP contribution in [0.25, 0.3) is 0 Å². The maximum atomic E-state index is 5.33. The molecule has 1 N–H and O–H groups in total. The average Bonchev–Trinajstić information content (AvgIpc) is 2.34. The Morgan fingerprint density at radius 3 is 2.50 bits per heavy atom. The maximum Gasteiger partial charge on any atom is 0.196 e. The van der Waals surface area contributed by atoms with Crippen molar-refractivity contribution >= 4 is 0 Å². The van der Waals surface area contributed by atoms with E-state index in [9.17, 15) is 0 Å². The molecule has 0 atom stereocenters. The molecule has 0 bridgehead atoms. The number of aromatic nitrogens is 1. The highest BCUT2D eigenvalue weighted by Gasteiger charge is 2.04. The van der Waals surface area contributed by atoms with Gasteiger partial charge in [0.05, 0.1) is 13.2 Å².